The molecule has 0 saturated carbocycles. The van der Waals surface area contributed by atoms with Crippen LogP contribution in [0, 0.1) is 0 Å². The van der Waals surface area contributed by atoms with Crippen LogP contribution < -0.4 is 10.1 Å². The van der Waals surface area contributed by atoms with Gasteiger partial charge in [0, 0.05) is 13.2 Å². The molecule has 3 rings (SSSR count). The van der Waals surface area contributed by atoms with Crippen LogP contribution in [0.5, 0.6) is 5.75 Å². The van der Waals surface area contributed by atoms with Gasteiger partial charge in [0.2, 0.25) is 5.95 Å². The standard InChI is InChI=1S/C12H12N8O/c1-13-11-17-10(9-8(21-2)4-3-5-15-9)18-12(19-11)20-7-14-6-16-20/h3-7H,1-2H3,(H,13,17,18,19). The van der Waals surface area contributed by atoms with Gasteiger partial charge in [-0.05, 0) is 12.1 Å². The highest BCUT2D eigenvalue weighted by molar-refractivity contribution is 5.60. The third-order valence-electron chi connectivity index (χ3n) is 2.67. The Morgan fingerprint density at radius 2 is 2.14 bits per heavy atom. The summed E-state index contributed by atoms with van der Waals surface area (Å²) in [7, 11) is 3.29. The first-order valence-corrected chi connectivity index (χ1v) is 6.10. The molecular formula is C12H12N8O. The van der Waals surface area contributed by atoms with Gasteiger partial charge in [0.15, 0.2) is 5.82 Å². The molecule has 1 N–H and O–H groups in total. The Kier molecular flexibility index (Phi) is 3.37. The summed E-state index contributed by atoms with van der Waals surface area (Å²) in [6.45, 7) is 0. The summed E-state index contributed by atoms with van der Waals surface area (Å²) in [5.74, 6) is 1.71. The summed E-state index contributed by atoms with van der Waals surface area (Å²) in [5.41, 5.74) is 0.528. The molecule has 3 aromatic heterocycles. The lowest BCUT2D eigenvalue weighted by molar-refractivity contribution is 0.414. The van der Waals surface area contributed by atoms with E-state index < -0.39 is 0 Å². The van der Waals surface area contributed by atoms with Crippen molar-refractivity contribution >= 4 is 5.95 Å². The van der Waals surface area contributed by atoms with Crippen LogP contribution in [0.25, 0.3) is 17.5 Å². The first-order valence-electron chi connectivity index (χ1n) is 6.10. The van der Waals surface area contributed by atoms with Crippen LogP contribution in [-0.2, 0) is 0 Å². The summed E-state index contributed by atoms with van der Waals surface area (Å²) >= 11 is 0. The molecule has 0 aromatic carbocycles. The Morgan fingerprint density at radius 3 is 2.86 bits per heavy atom. The molecule has 0 atom stereocenters. The van der Waals surface area contributed by atoms with Gasteiger partial charge in [0.05, 0.1) is 7.11 Å². The molecule has 0 aliphatic carbocycles. The van der Waals surface area contributed by atoms with E-state index in [-0.39, 0.29) is 0 Å². The summed E-state index contributed by atoms with van der Waals surface area (Å²) in [5, 5.41) is 6.90. The van der Waals surface area contributed by atoms with E-state index in [9.17, 15) is 0 Å². The summed E-state index contributed by atoms with van der Waals surface area (Å²) in [4.78, 5) is 21.0. The van der Waals surface area contributed by atoms with E-state index in [0.29, 0.717) is 29.2 Å². The van der Waals surface area contributed by atoms with E-state index in [2.05, 4.69) is 35.3 Å². The Hall–Kier alpha value is -3.10. The normalized spacial score (nSPS) is 10.4. The summed E-state index contributed by atoms with van der Waals surface area (Å²) in [6, 6.07) is 3.57. The molecule has 21 heavy (non-hydrogen) atoms. The van der Waals surface area contributed by atoms with E-state index in [1.165, 1.54) is 17.3 Å². The van der Waals surface area contributed by atoms with E-state index in [1.54, 1.807) is 32.5 Å². The molecule has 0 spiro atoms. The molecular weight excluding hydrogens is 272 g/mol. The maximum atomic E-state index is 5.29. The number of anilines is 1. The van der Waals surface area contributed by atoms with Crippen LogP contribution in [-0.4, -0.2) is 48.9 Å². The number of nitrogens with one attached hydrogen (secondary N) is 1. The van der Waals surface area contributed by atoms with Crippen LogP contribution in [0.2, 0.25) is 0 Å². The van der Waals surface area contributed by atoms with Crippen molar-refractivity contribution in [1.82, 2.24) is 34.7 Å². The fourth-order valence-corrected chi connectivity index (χ4v) is 1.72. The van der Waals surface area contributed by atoms with Crippen molar-refractivity contribution in [3.05, 3.63) is 31.0 Å². The van der Waals surface area contributed by atoms with Gasteiger partial charge < -0.3 is 10.1 Å². The third-order valence-corrected chi connectivity index (χ3v) is 2.67. The number of hydrogen-bond donors (Lipinski definition) is 1. The maximum Gasteiger partial charge on any atom is 0.257 e. The van der Waals surface area contributed by atoms with Crippen LogP contribution in [0.4, 0.5) is 5.95 Å². The molecule has 0 unspecified atom stereocenters. The van der Waals surface area contributed by atoms with Gasteiger partial charge >= 0.3 is 0 Å². The molecule has 0 fully saturated rings. The second-order valence-corrected chi connectivity index (χ2v) is 3.93. The Bertz CT molecular complexity index is 743. The average Bonchev–Trinajstić information content (AvgIpc) is 3.09. The van der Waals surface area contributed by atoms with Crippen molar-refractivity contribution < 1.29 is 4.74 Å². The lowest BCUT2D eigenvalue weighted by Crippen LogP contribution is -2.09. The monoisotopic (exact) mass is 284 g/mol. The van der Waals surface area contributed by atoms with E-state index in [0.717, 1.165) is 0 Å². The molecule has 0 bridgehead atoms. The number of rotatable bonds is 4. The van der Waals surface area contributed by atoms with E-state index in [1.807, 2.05) is 0 Å². The molecule has 106 valence electrons. The fourth-order valence-electron chi connectivity index (χ4n) is 1.72. The quantitative estimate of drug-likeness (QED) is 0.741. The van der Waals surface area contributed by atoms with Gasteiger partial charge in [-0.25, -0.2) is 9.97 Å². The predicted octanol–water partition coefficient (Wildman–Crippen LogP) is 0.565. The zero-order valence-corrected chi connectivity index (χ0v) is 11.4. The highest BCUT2D eigenvalue weighted by atomic mass is 16.5. The predicted molar refractivity (Wildman–Crippen MR) is 74.1 cm³/mol. The number of pyridine rings is 1. The fraction of sp³-hybridized carbons (Fsp3) is 0.167. The second-order valence-electron chi connectivity index (χ2n) is 3.93. The van der Waals surface area contributed by atoms with Crippen molar-refractivity contribution in [2.24, 2.45) is 0 Å². The van der Waals surface area contributed by atoms with Gasteiger partial charge in [0.25, 0.3) is 5.95 Å². The molecule has 0 saturated heterocycles. The Labute approximate surface area is 120 Å². The second kappa shape index (κ2) is 5.49. The highest BCUT2D eigenvalue weighted by Gasteiger charge is 2.14. The van der Waals surface area contributed by atoms with Gasteiger partial charge in [-0.15, -0.1) is 0 Å². The minimum atomic E-state index is 0.342. The third kappa shape index (κ3) is 2.48. The van der Waals surface area contributed by atoms with Gasteiger partial charge in [-0.1, -0.05) is 0 Å². The Morgan fingerprint density at radius 1 is 1.24 bits per heavy atom. The largest absolute Gasteiger partial charge is 0.494 e. The molecule has 9 heteroatoms. The first-order chi connectivity index (χ1) is 10.3. The van der Waals surface area contributed by atoms with Gasteiger partial charge in [0.1, 0.15) is 24.1 Å². The molecule has 9 nitrogen and oxygen atoms in total. The number of aromatic nitrogens is 7. The lowest BCUT2D eigenvalue weighted by atomic mass is 10.3. The number of nitrogens with zero attached hydrogens (tertiary/aromatic N) is 7. The van der Waals surface area contributed by atoms with Crippen molar-refractivity contribution in [1.29, 1.82) is 0 Å². The van der Waals surface area contributed by atoms with Crippen molar-refractivity contribution in [3.63, 3.8) is 0 Å². The maximum absolute atomic E-state index is 5.29. The van der Waals surface area contributed by atoms with Crippen molar-refractivity contribution in [2.45, 2.75) is 0 Å². The average molecular weight is 284 g/mol. The topological polar surface area (TPSA) is 104 Å². The van der Waals surface area contributed by atoms with Crippen molar-refractivity contribution in [3.8, 4) is 23.2 Å². The zero-order valence-electron chi connectivity index (χ0n) is 11.4. The van der Waals surface area contributed by atoms with Crippen molar-refractivity contribution in [2.75, 3.05) is 19.5 Å². The van der Waals surface area contributed by atoms with Crippen LogP contribution >= 0.6 is 0 Å². The number of hydrogen-bond acceptors (Lipinski definition) is 8. The highest BCUT2D eigenvalue weighted by Crippen LogP contribution is 2.25. The summed E-state index contributed by atoms with van der Waals surface area (Å²) < 4.78 is 6.73. The molecule has 0 aliphatic heterocycles. The van der Waals surface area contributed by atoms with Crippen LogP contribution in [0.15, 0.2) is 31.0 Å². The lowest BCUT2D eigenvalue weighted by Gasteiger charge is -2.08. The molecule has 3 aromatic rings. The minimum Gasteiger partial charge on any atom is -0.494 e. The van der Waals surface area contributed by atoms with Gasteiger partial charge in [-0.3, -0.25) is 0 Å². The molecule has 0 aliphatic rings. The molecule has 0 radical (unpaired) electrons. The smallest absolute Gasteiger partial charge is 0.257 e. The van der Waals surface area contributed by atoms with E-state index in [4.69, 9.17) is 4.74 Å². The number of ether oxygens (including phenoxy) is 1. The SMILES string of the molecule is CNc1nc(-c2ncccc2OC)nc(-n2cncn2)n1. The number of methoxy groups -OCH3 is 1. The zero-order chi connectivity index (χ0) is 14.7. The molecule has 3 heterocycles. The molecule has 0 amide bonds. The minimum absolute atomic E-state index is 0.342. The Balaban J connectivity index is 2.16. The first kappa shape index (κ1) is 12.9. The summed E-state index contributed by atoms with van der Waals surface area (Å²) in [6.07, 6.45) is 4.56. The van der Waals surface area contributed by atoms with Gasteiger partial charge in [-0.2, -0.15) is 24.7 Å². The van der Waals surface area contributed by atoms with Crippen LogP contribution in [0.1, 0.15) is 0 Å². The van der Waals surface area contributed by atoms with Crippen LogP contribution in [0.3, 0.4) is 0 Å². The van der Waals surface area contributed by atoms with E-state index >= 15 is 0 Å².